The number of nitrogens with zero attached hydrogens (tertiary/aromatic N) is 4. The summed E-state index contributed by atoms with van der Waals surface area (Å²) in [5.74, 6) is -0.287. The van der Waals surface area contributed by atoms with Crippen molar-refractivity contribution in [3.8, 4) is 17.1 Å². The van der Waals surface area contributed by atoms with Crippen molar-refractivity contribution in [2.45, 2.75) is 6.54 Å². The quantitative estimate of drug-likeness (QED) is 0.727. The van der Waals surface area contributed by atoms with Gasteiger partial charge in [-0.05, 0) is 29.5 Å². The molecule has 0 bridgehead atoms. The summed E-state index contributed by atoms with van der Waals surface area (Å²) in [6.07, 6.45) is 0. The van der Waals surface area contributed by atoms with E-state index in [-0.39, 0.29) is 18.2 Å². The van der Waals surface area contributed by atoms with Crippen LogP contribution in [0.15, 0.2) is 48.5 Å². The van der Waals surface area contributed by atoms with E-state index in [9.17, 15) is 8.78 Å². The molecule has 22 heavy (non-hydrogen) atoms. The van der Waals surface area contributed by atoms with Crippen LogP contribution in [0.5, 0.6) is 5.75 Å². The molecule has 0 amide bonds. The van der Waals surface area contributed by atoms with Gasteiger partial charge in [0.1, 0.15) is 12.4 Å². The number of hydrogen-bond acceptors (Lipinski definition) is 4. The number of benzene rings is 2. The van der Waals surface area contributed by atoms with Gasteiger partial charge in [-0.15, -0.1) is 10.2 Å². The molecule has 2 aromatic carbocycles. The Balaban J connectivity index is 1.62. The summed E-state index contributed by atoms with van der Waals surface area (Å²) in [7, 11) is 0. The van der Waals surface area contributed by atoms with Crippen LogP contribution in [0.4, 0.5) is 8.78 Å². The molecule has 0 N–H and O–H groups in total. The zero-order valence-corrected chi connectivity index (χ0v) is 11.5. The van der Waals surface area contributed by atoms with Crippen molar-refractivity contribution < 1.29 is 13.5 Å². The molecular formula is C15H12F2N4O. The fourth-order valence-corrected chi connectivity index (χ4v) is 1.88. The highest BCUT2D eigenvalue weighted by Gasteiger charge is 2.07. The van der Waals surface area contributed by atoms with Crippen molar-refractivity contribution in [1.29, 1.82) is 0 Å². The van der Waals surface area contributed by atoms with Crippen LogP contribution in [0.25, 0.3) is 11.4 Å². The first-order chi connectivity index (χ1) is 10.7. The van der Waals surface area contributed by atoms with E-state index in [0.29, 0.717) is 17.9 Å². The van der Waals surface area contributed by atoms with E-state index in [0.717, 1.165) is 0 Å². The number of ether oxygens (including phenoxy) is 1. The van der Waals surface area contributed by atoms with Gasteiger partial charge in [0.05, 0.1) is 6.54 Å². The minimum absolute atomic E-state index is 0.174. The lowest BCUT2D eigenvalue weighted by Gasteiger charge is -2.05. The minimum atomic E-state index is -0.422. The van der Waals surface area contributed by atoms with E-state index in [4.69, 9.17) is 4.74 Å². The fourth-order valence-electron chi connectivity index (χ4n) is 1.88. The Morgan fingerprint density at radius 1 is 1.05 bits per heavy atom. The second-order valence-corrected chi connectivity index (χ2v) is 4.50. The van der Waals surface area contributed by atoms with E-state index in [1.54, 1.807) is 30.3 Å². The number of tetrazole rings is 1. The molecular weight excluding hydrogens is 290 g/mol. The van der Waals surface area contributed by atoms with Crippen LogP contribution >= 0.6 is 0 Å². The van der Waals surface area contributed by atoms with Gasteiger partial charge in [0.15, 0.2) is 11.6 Å². The van der Waals surface area contributed by atoms with Crippen LogP contribution in [0.3, 0.4) is 0 Å². The second-order valence-electron chi connectivity index (χ2n) is 4.50. The molecule has 0 aliphatic carbocycles. The number of para-hydroxylation sites is 1. The van der Waals surface area contributed by atoms with Gasteiger partial charge < -0.3 is 4.74 Å². The highest BCUT2D eigenvalue weighted by molar-refractivity contribution is 5.53. The monoisotopic (exact) mass is 302 g/mol. The van der Waals surface area contributed by atoms with Crippen molar-refractivity contribution >= 4 is 0 Å². The SMILES string of the molecule is Fc1cccc(-c2nnn(CCOc3ccccc3F)n2)c1. The molecule has 0 unspecified atom stereocenters. The maximum absolute atomic E-state index is 13.4. The van der Waals surface area contributed by atoms with Crippen molar-refractivity contribution in [1.82, 2.24) is 20.2 Å². The Hall–Kier alpha value is -2.83. The predicted molar refractivity (Wildman–Crippen MR) is 75.1 cm³/mol. The van der Waals surface area contributed by atoms with E-state index in [1.165, 1.54) is 23.0 Å². The van der Waals surface area contributed by atoms with Gasteiger partial charge in [-0.1, -0.05) is 24.3 Å². The van der Waals surface area contributed by atoms with E-state index >= 15 is 0 Å². The summed E-state index contributed by atoms with van der Waals surface area (Å²) in [5.41, 5.74) is 0.543. The van der Waals surface area contributed by atoms with Gasteiger partial charge in [-0.3, -0.25) is 0 Å². The number of hydrogen-bond donors (Lipinski definition) is 0. The summed E-state index contributed by atoms with van der Waals surface area (Å²) in [6.45, 7) is 0.497. The number of halogens is 2. The molecule has 0 fully saturated rings. The maximum Gasteiger partial charge on any atom is 0.205 e. The van der Waals surface area contributed by atoms with Crippen molar-refractivity contribution in [3.05, 3.63) is 60.2 Å². The number of rotatable bonds is 5. The lowest BCUT2D eigenvalue weighted by molar-refractivity contribution is 0.268. The molecule has 0 aliphatic rings. The third kappa shape index (κ3) is 3.25. The van der Waals surface area contributed by atoms with Crippen molar-refractivity contribution in [2.75, 3.05) is 6.61 Å². The molecule has 5 nitrogen and oxygen atoms in total. The predicted octanol–water partition coefficient (Wildman–Crippen LogP) is 2.70. The normalized spacial score (nSPS) is 10.6. The Bertz CT molecular complexity index is 775. The second kappa shape index (κ2) is 6.30. The Morgan fingerprint density at radius 2 is 1.91 bits per heavy atom. The highest BCUT2D eigenvalue weighted by Crippen LogP contribution is 2.16. The van der Waals surface area contributed by atoms with E-state index < -0.39 is 5.82 Å². The molecule has 0 atom stereocenters. The lowest BCUT2D eigenvalue weighted by atomic mass is 10.2. The smallest absolute Gasteiger partial charge is 0.205 e. The summed E-state index contributed by atoms with van der Waals surface area (Å²) in [4.78, 5) is 1.32. The summed E-state index contributed by atoms with van der Waals surface area (Å²) >= 11 is 0. The van der Waals surface area contributed by atoms with Crippen LogP contribution in [0, 0.1) is 11.6 Å². The van der Waals surface area contributed by atoms with Crippen LogP contribution in [0.2, 0.25) is 0 Å². The van der Waals surface area contributed by atoms with E-state index in [1.807, 2.05) is 0 Å². The van der Waals surface area contributed by atoms with Gasteiger partial charge in [-0.2, -0.15) is 4.80 Å². The van der Waals surface area contributed by atoms with Crippen LogP contribution in [-0.4, -0.2) is 26.8 Å². The van der Waals surface area contributed by atoms with Crippen LogP contribution in [0.1, 0.15) is 0 Å². The molecule has 3 aromatic rings. The van der Waals surface area contributed by atoms with Crippen LogP contribution < -0.4 is 4.74 Å². The Kier molecular flexibility index (Phi) is 4.04. The van der Waals surface area contributed by atoms with E-state index in [2.05, 4.69) is 15.4 Å². The highest BCUT2D eigenvalue weighted by atomic mass is 19.1. The summed E-state index contributed by atoms with van der Waals surface area (Å²) in [6, 6.07) is 12.1. The molecule has 0 saturated carbocycles. The average molecular weight is 302 g/mol. The van der Waals surface area contributed by atoms with Gasteiger partial charge in [0.25, 0.3) is 0 Å². The van der Waals surface area contributed by atoms with Gasteiger partial charge in [0.2, 0.25) is 5.82 Å². The molecule has 1 heterocycles. The first-order valence-electron chi connectivity index (χ1n) is 6.63. The molecule has 7 heteroatoms. The first kappa shape index (κ1) is 14.1. The topological polar surface area (TPSA) is 52.8 Å². The van der Waals surface area contributed by atoms with Crippen molar-refractivity contribution in [2.24, 2.45) is 0 Å². The maximum atomic E-state index is 13.4. The largest absolute Gasteiger partial charge is 0.489 e. The summed E-state index contributed by atoms with van der Waals surface area (Å²) < 4.78 is 31.8. The lowest BCUT2D eigenvalue weighted by Crippen LogP contribution is -2.11. The van der Waals surface area contributed by atoms with Gasteiger partial charge in [-0.25, -0.2) is 8.78 Å². The molecule has 1 aromatic heterocycles. The average Bonchev–Trinajstić information content (AvgIpc) is 2.98. The van der Waals surface area contributed by atoms with Gasteiger partial charge >= 0.3 is 0 Å². The third-order valence-corrected chi connectivity index (χ3v) is 2.92. The van der Waals surface area contributed by atoms with Crippen molar-refractivity contribution in [3.63, 3.8) is 0 Å². The zero-order chi connectivity index (χ0) is 15.4. The first-order valence-corrected chi connectivity index (χ1v) is 6.63. The molecule has 3 rings (SSSR count). The Labute approximate surface area is 125 Å². The summed E-state index contributed by atoms with van der Waals surface area (Å²) in [5, 5.41) is 11.8. The fraction of sp³-hybridized carbons (Fsp3) is 0.133. The Morgan fingerprint density at radius 3 is 2.73 bits per heavy atom. The molecule has 0 aliphatic heterocycles. The molecule has 0 saturated heterocycles. The standard InChI is InChI=1S/C15H12F2N4O/c16-12-5-3-4-11(10-12)15-18-20-21(19-15)8-9-22-14-7-2-1-6-13(14)17/h1-7,10H,8-9H2. The zero-order valence-electron chi connectivity index (χ0n) is 11.5. The molecule has 0 radical (unpaired) electrons. The third-order valence-electron chi connectivity index (χ3n) is 2.92. The number of aromatic nitrogens is 4. The van der Waals surface area contributed by atoms with Gasteiger partial charge in [0, 0.05) is 5.56 Å². The molecule has 112 valence electrons. The minimum Gasteiger partial charge on any atom is -0.489 e. The van der Waals surface area contributed by atoms with Crippen LogP contribution in [-0.2, 0) is 6.54 Å². The molecule has 0 spiro atoms.